The number of hydrogen-bond acceptors (Lipinski definition) is 4. The first-order chi connectivity index (χ1) is 11.9. The van der Waals surface area contributed by atoms with Crippen LogP contribution in [0.15, 0.2) is 42.5 Å². The fourth-order valence-electron chi connectivity index (χ4n) is 2.45. The van der Waals surface area contributed by atoms with Crippen molar-refractivity contribution in [3.63, 3.8) is 0 Å². The summed E-state index contributed by atoms with van der Waals surface area (Å²) in [5.74, 6) is 0.123. The lowest BCUT2D eigenvalue weighted by Gasteiger charge is -2.06. The molecule has 25 heavy (non-hydrogen) atoms. The van der Waals surface area contributed by atoms with Gasteiger partial charge in [0, 0.05) is 18.2 Å². The van der Waals surface area contributed by atoms with E-state index in [0.29, 0.717) is 22.3 Å². The summed E-state index contributed by atoms with van der Waals surface area (Å²) in [6, 6.07) is 13.1. The molecule has 6 heteroatoms. The Morgan fingerprint density at radius 2 is 1.76 bits per heavy atom. The number of anilines is 2. The number of carbonyl (C=O) groups is 2. The number of fused-ring (bicyclic) bond motifs is 1. The van der Waals surface area contributed by atoms with Crippen LogP contribution in [-0.4, -0.2) is 16.8 Å². The topological polar surface area (TPSA) is 71.1 Å². The maximum absolute atomic E-state index is 12.4. The Morgan fingerprint density at radius 3 is 2.40 bits per heavy atom. The van der Waals surface area contributed by atoms with E-state index < -0.39 is 0 Å². The number of nitrogens with zero attached hydrogens (tertiary/aromatic N) is 1. The molecule has 0 aliphatic rings. The third-order valence-electron chi connectivity index (χ3n) is 3.77. The molecule has 2 N–H and O–H groups in total. The normalized spacial score (nSPS) is 10.9. The predicted molar refractivity (Wildman–Crippen MR) is 102 cm³/mol. The van der Waals surface area contributed by atoms with Crippen molar-refractivity contribution in [2.75, 3.05) is 10.6 Å². The molecule has 0 saturated carbocycles. The zero-order chi connectivity index (χ0) is 18.0. The zero-order valence-corrected chi connectivity index (χ0v) is 15.1. The van der Waals surface area contributed by atoms with Crippen molar-refractivity contribution < 1.29 is 9.59 Å². The lowest BCUT2D eigenvalue weighted by molar-refractivity contribution is -0.114. The number of aromatic nitrogens is 1. The third-order valence-corrected chi connectivity index (χ3v) is 4.70. The van der Waals surface area contributed by atoms with Crippen molar-refractivity contribution in [1.82, 2.24) is 4.98 Å². The van der Waals surface area contributed by atoms with E-state index in [2.05, 4.69) is 29.5 Å². The van der Waals surface area contributed by atoms with Crippen LogP contribution in [0.25, 0.3) is 10.2 Å². The SMILES string of the molecule is CC(=O)Nc1ccc2nc(NC(=O)c3ccc(C(C)C)cc3)sc2c1. The summed E-state index contributed by atoms with van der Waals surface area (Å²) in [6.07, 6.45) is 0. The molecule has 0 bridgehead atoms. The second-order valence-electron chi connectivity index (χ2n) is 6.11. The summed E-state index contributed by atoms with van der Waals surface area (Å²) >= 11 is 1.38. The minimum Gasteiger partial charge on any atom is -0.326 e. The van der Waals surface area contributed by atoms with Gasteiger partial charge in [0.2, 0.25) is 5.91 Å². The molecule has 3 aromatic rings. The first-order valence-corrected chi connectivity index (χ1v) is 8.83. The van der Waals surface area contributed by atoms with E-state index >= 15 is 0 Å². The molecule has 0 aliphatic heterocycles. The van der Waals surface area contributed by atoms with E-state index in [1.807, 2.05) is 36.4 Å². The number of hydrogen-bond donors (Lipinski definition) is 2. The Labute approximate surface area is 150 Å². The highest BCUT2D eigenvalue weighted by Gasteiger charge is 2.11. The highest BCUT2D eigenvalue weighted by Crippen LogP contribution is 2.28. The summed E-state index contributed by atoms with van der Waals surface area (Å²) in [5, 5.41) is 6.11. The van der Waals surface area contributed by atoms with Gasteiger partial charge in [0.05, 0.1) is 10.2 Å². The summed E-state index contributed by atoms with van der Waals surface area (Å²) in [5.41, 5.74) is 3.29. The number of nitrogens with one attached hydrogen (secondary N) is 2. The summed E-state index contributed by atoms with van der Waals surface area (Å²) in [7, 11) is 0. The molecule has 1 aromatic heterocycles. The number of benzene rings is 2. The third kappa shape index (κ3) is 4.03. The minimum absolute atomic E-state index is 0.123. The first-order valence-electron chi connectivity index (χ1n) is 8.02. The first kappa shape index (κ1) is 17.1. The van der Waals surface area contributed by atoms with Crippen molar-refractivity contribution >= 4 is 44.2 Å². The molecule has 0 spiro atoms. The van der Waals surface area contributed by atoms with Crippen LogP contribution in [0.2, 0.25) is 0 Å². The molecule has 5 nitrogen and oxygen atoms in total. The van der Waals surface area contributed by atoms with E-state index in [1.165, 1.54) is 23.8 Å². The van der Waals surface area contributed by atoms with Crippen LogP contribution in [0.5, 0.6) is 0 Å². The monoisotopic (exact) mass is 353 g/mol. The van der Waals surface area contributed by atoms with Crippen molar-refractivity contribution in [1.29, 1.82) is 0 Å². The van der Waals surface area contributed by atoms with E-state index in [4.69, 9.17) is 0 Å². The highest BCUT2D eigenvalue weighted by atomic mass is 32.1. The Morgan fingerprint density at radius 1 is 1.04 bits per heavy atom. The summed E-state index contributed by atoms with van der Waals surface area (Å²) < 4.78 is 0.900. The molecule has 2 amide bonds. The lowest BCUT2D eigenvalue weighted by atomic mass is 10.0. The van der Waals surface area contributed by atoms with Crippen molar-refractivity contribution in [2.24, 2.45) is 0 Å². The molecule has 0 fully saturated rings. The molecule has 2 aromatic carbocycles. The van der Waals surface area contributed by atoms with Crippen LogP contribution in [0.3, 0.4) is 0 Å². The van der Waals surface area contributed by atoms with Gasteiger partial charge in [-0.05, 0) is 41.8 Å². The van der Waals surface area contributed by atoms with Gasteiger partial charge in [-0.25, -0.2) is 4.98 Å². The second kappa shape index (κ2) is 7.03. The van der Waals surface area contributed by atoms with Gasteiger partial charge in [0.1, 0.15) is 0 Å². The van der Waals surface area contributed by atoms with Crippen LogP contribution < -0.4 is 10.6 Å². The van der Waals surface area contributed by atoms with Crippen molar-refractivity contribution in [2.45, 2.75) is 26.7 Å². The van der Waals surface area contributed by atoms with E-state index in [0.717, 1.165) is 10.2 Å². The Bertz CT molecular complexity index is 929. The smallest absolute Gasteiger partial charge is 0.257 e. The van der Waals surface area contributed by atoms with Gasteiger partial charge >= 0.3 is 0 Å². The van der Waals surface area contributed by atoms with Crippen molar-refractivity contribution in [3.8, 4) is 0 Å². The Hall–Kier alpha value is -2.73. The number of amides is 2. The lowest BCUT2D eigenvalue weighted by Crippen LogP contribution is -2.11. The average molecular weight is 353 g/mol. The fraction of sp³-hybridized carbons (Fsp3) is 0.211. The molecule has 3 rings (SSSR count). The standard InChI is InChI=1S/C19H19N3O2S/c1-11(2)13-4-6-14(7-5-13)18(24)22-19-21-16-9-8-15(20-12(3)23)10-17(16)25-19/h4-11H,1-3H3,(H,20,23)(H,21,22,24). The van der Waals surface area contributed by atoms with Crippen LogP contribution in [0, 0.1) is 0 Å². The molecule has 0 atom stereocenters. The molecule has 0 saturated heterocycles. The van der Waals surface area contributed by atoms with Gasteiger partial charge in [-0.15, -0.1) is 0 Å². The summed E-state index contributed by atoms with van der Waals surface area (Å²) in [4.78, 5) is 27.9. The van der Waals surface area contributed by atoms with Crippen LogP contribution >= 0.6 is 11.3 Å². The number of carbonyl (C=O) groups excluding carboxylic acids is 2. The second-order valence-corrected chi connectivity index (χ2v) is 7.14. The van der Waals surface area contributed by atoms with Crippen LogP contribution in [0.1, 0.15) is 42.6 Å². The van der Waals surface area contributed by atoms with E-state index in [-0.39, 0.29) is 11.8 Å². The summed E-state index contributed by atoms with van der Waals surface area (Å²) in [6.45, 7) is 5.70. The Balaban J connectivity index is 1.77. The van der Waals surface area contributed by atoms with Gasteiger partial charge < -0.3 is 5.32 Å². The van der Waals surface area contributed by atoms with Crippen LogP contribution in [0.4, 0.5) is 10.8 Å². The molecule has 128 valence electrons. The molecular weight excluding hydrogens is 334 g/mol. The van der Waals surface area contributed by atoms with Gasteiger partial charge in [0.25, 0.3) is 5.91 Å². The largest absolute Gasteiger partial charge is 0.326 e. The fourth-order valence-corrected chi connectivity index (χ4v) is 3.35. The van der Waals surface area contributed by atoms with E-state index in [1.54, 1.807) is 6.07 Å². The maximum Gasteiger partial charge on any atom is 0.257 e. The minimum atomic E-state index is -0.184. The zero-order valence-electron chi connectivity index (χ0n) is 14.3. The quantitative estimate of drug-likeness (QED) is 0.718. The van der Waals surface area contributed by atoms with E-state index in [9.17, 15) is 9.59 Å². The van der Waals surface area contributed by atoms with Crippen LogP contribution in [-0.2, 0) is 4.79 Å². The van der Waals surface area contributed by atoms with Gasteiger partial charge in [-0.3, -0.25) is 14.9 Å². The highest BCUT2D eigenvalue weighted by molar-refractivity contribution is 7.22. The van der Waals surface area contributed by atoms with Gasteiger partial charge in [-0.2, -0.15) is 0 Å². The maximum atomic E-state index is 12.4. The average Bonchev–Trinajstić information content (AvgIpc) is 2.95. The van der Waals surface area contributed by atoms with Crippen molar-refractivity contribution in [3.05, 3.63) is 53.6 Å². The molecule has 1 heterocycles. The van der Waals surface area contributed by atoms with Gasteiger partial charge in [-0.1, -0.05) is 37.3 Å². The number of rotatable bonds is 4. The number of thiazole rings is 1. The Kier molecular flexibility index (Phi) is 4.81. The molecule has 0 aliphatic carbocycles. The molecule has 0 unspecified atom stereocenters. The molecule has 0 radical (unpaired) electrons. The van der Waals surface area contributed by atoms with Gasteiger partial charge in [0.15, 0.2) is 5.13 Å². The predicted octanol–water partition coefficient (Wildman–Crippen LogP) is 4.63. The molecular formula is C19H19N3O2S.